The molecule has 0 atom stereocenters. The summed E-state index contributed by atoms with van der Waals surface area (Å²) in [6, 6.07) is 9.46. The number of benzene rings is 2. The summed E-state index contributed by atoms with van der Waals surface area (Å²) < 4.78 is 37.4. The minimum Gasteiger partial charge on any atom is -0.493 e. The maximum Gasteiger partial charge on any atom is 0.410 e. The Morgan fingerprint density at radius 3 is 2.46 bits per heavy atom. The Hall–Kier alpha value is -3.75. The summed E-state index contributed by atoms with van der Waals surface area (Å²) in [4.78, 5) is 18.4. The Morgan fingerprint density at radius 2 is 1.80 bits per heavy atom. The van der Waals surface area contributed by atoms with Gasteiger partial charge in [-0.2, -0.15) is 0 Å². The van der Waals surface area contributed by atoms with Gasteiger partial charge in [0.05, 0.1) is 12.6 Å². The molecule has 1 fully saturated rings. The van der Waals surface area contributed by atoms with Crippen LogP contribution in [0.25, 0.3) is 10.9 Å². The molecule has 0 aliphatic carbocycles. The largest absolute Gasteiger partial charge is 0.493 e. The third-order valence-corrected chi connectivity index (χ3v) is 5.55. The lowest BCUT2D eigenvalue weighted by Crippen LogP contribution is -2.44. The van der Waals surface area contributed by atoms with Crippen molar-refractivity contribution in [3.63, 3.8) is 0 Å². The van der Waals surface area contributed by atoms with Crippen molar-refractivity contribution in [3.8, 4) is 23.0 Å². The number of carbonyl (C=O) groups is 1. The molecular formula is C26H30FN3O5. The number of nitrogens with zero attached hydrogens (tertiary/aromatic N) is 2. The first-order valence-electron chi connectivity index (χ1n) is 11.5. The van der Waals surface area contributed by atoms with Gasteiger partial charge in [0.1, 0.15) is 17.5 Å². The zero-order valence-electron chi connectivity index (χ0n) is 20.3. The molecule has 2 N–H and O–H groups in total. The van der Waals surface area contributed by atoms with Gasteiger partial charge in [0.2, 0.25) is 0 Å². The molecule has 2 heterocycles. The molecule has 35 heavy (non-hydrogen) atoms. The van der Waals surface area contributed by atoms with Gasteiger partial charge in [-0.1, -0.05) is 0 Å². The van der Waals surface area contributed by atoms with E-state index in [9.17, 15) is 9.18 Å². The zero-order chi connectivity index (χ0) is 25.2. The normalized spacial score (nSPS) is 14.6. The lowest BCUT2D eigenvalue weighted by atomic mass is 10.1. The molecule has 186 valence electrons. The number of rotatable bonds is 5. The topological polar surface area (TPSA) is 96.1 Å². The number of halogens is 1. The molecule has 1 aliphatic heterocycles. The van der Waals surface area contributed by atoms with Crippen LogP contribution in [-0.2, 0) is 4.74 Å². The number of ether oxygens (including phenoxy) is 4. The van der Waals surface area contributed by atoms with E-state index in [0.717, 1.165) is 0 Å². The Labute approximate surface area is 203 Å². The molecule has 0 radical (unpaired) electrons. The second-order valence-corrected chi connectivity index (χ2v) is 9.41. The summed E-state index contributed by atoms with van der Waals surface area (Å²) in [6.45, 7) is 6.63. The molecular weight excluding hydrogens is 453 g/mol. The number of nitrogens with two attached hydrogens (primary N) is 1. The average molecular weight is 484 g/mol. The molecule has 1 amide bonds. The highest BCUT2D eigenvalue weighted by Gasteiger charge is 2.28. The van der Waals surface area contributed by atoms with E-state index < -0.39 is 11.4 Å². The molecule has 0 spiro atoms. The van der Waals surface area contributed by atoms with Crippen molar-refractivity contribution in [2.45, 2.75) is 45.3 Å². The second kappa shape index (κ2) is 9.85. The van der Waals surface area contributed by atoms with Gasteiger partial charge in [-0.05, 0) is 45.0 Å². The molecule has 1 saturated heterocycles. The number of methoxy groups -OCH3 is 1. The minimum absolute atomic E-state index is 0.0581. The van der Waals surface area contributed by atoms with Crippen LogP contribution in [0.3, 0.4) is 0 Å². The summed E-state index contributed by atoms with van der Waals surface area (Å²) in [5, 5.41) is 0.646. The maximum atomic E-state index is 14.3. The fraction of sp³-hybridized carbons (Fsp3) is 0.385. The van der Waals surface area contributed by atoms with E-state index in [0.29, 0.717) is 59.8 Å². The molecule has 1 aromatic heterocycles. The quantitative estimate of drug-likeness (QED) is 0.476. The van der Waals surface area contributed by atoms with Crippen molar-refractivity contribution in [1.29, 1.82) is 0 Å². The van der Waals surface area contributed by atoms with Crippen molar-refractivity contribution in [1.82, 2.24) is 9.88 Å². The lowest BCUT2D eigenvalue weighted by Gasteiger charge is -2.33. The van der Waals surface area contributed by atoms with Crippen LogP contribution >= 0.6 is 0 Å². The molecule has 0 bridgehead atoms. The van der Waals surface area contributed by atoms with Crippen LogP contribution in [0, 0.1) is 5.82 Å². The highest BCUT2D eigenvalue weighted by atomic mass is 19.1. The first kappa shape index (κ1) is 24.4. The van der Waals surface area contributed by atoms with Crippen LogP contribution in [0.15, 0.2) is 42.6 Å². The van der Waals surface area contributed by atoms with Crippen molar-refractivity contribution in [2.75, 3.05) is 25.9 Å². The third kappa shape index (κ3) is 5.85. The van der Waals surface area contributed by atoms with E-state index in [1.165, 1.54) is 12.1 Å². The zero-order valence-corrected chi connectivity index (χ0v) is 20.3. The predicted octanol–water partition coefficient (Wildman–Crippen LogP) is 5.54. The van der Waals surface area contributed by atoms with Crippen LogP contribution in [0.5, 0.6) is 23.0 Å². The van der Waals surface area contributed by atoms with Gasteiger partial charge in [-0.25, -0.2) is 9.18 Å². The Bertz CT molecular complexity index is 1220. The van der Waals surface area contributed by atoms with Gasteiger partial charge in [0.25, 0.3) is 0 Å². The molecule has 8 nitrogen and oxygen atoms in total. The van der Waals surface area contributed by atoms with Crippen molar-refractivity contribution in [2.24, 2.45) is 0 Å². The van der Waals surface area contributed by atoms with E-state index in [2.05, 4.69) is 4.98 Å². The number of carbonyl (C=O) groups excluding carboxylic acids is 1. The van der Waals surface area contributed by atoms with Crippen LogP contribution < -0.4 is 19.9 Å². The van der Waals surface area contributed by atoms with Crippen molar-refractivity contribution in [3.05, 3.63) is 48.4 Å². The summed E-state index contributed by atoms with van der Waals surface area (Å²) in [5.74, 6) is 0.971. The first-order valence-corrected chi connectivity index (χ1v) is 11.5. The molecule has 2 aromatic carbocycles. The van der Waals surface area contributed by atoms with E-state index >= 15 is 0 Å². The van der Waals surface area contributed by atoms with Gasteiger partial charge in [-0.3, -0.25) is 4.98 Å². The summed E-state index contributed by atoms with van der Waals surface area (Å²) in [5.41, 5.74) is 6.02. The standard InChI is InChI=1S/C26H30FN3O5/c1-26(2,3)35-25(31)30-11-8-17(9-12-30)33-24-15-20-18(14-23(24)32-4)21(7-10-29-20)34-22-6-5-16(28)13-19(22)27/h5-7,10,13-15,17H,8-9,11-12,28H2,1-4H3. The van der Waals surface area contributed by atoms with Gasteiger partial charge >= 0.3 is 6.09 Å². The number of fused-ring (bicyclic) bond motifs is 1. The highest BCUT2D eigenvalue weighted by molar-refractivity contribution is 5.88. The smallest absolute Gasteiger partial charge is 0.410 e. The highest BCUT2D eigenvalue weighted by Crippen LogP contribution is 2.38. The predicted molar refractivity (Wildman–Crippen MR) is 131 cm³/mol. The maximum absolute atomic E-state index is 14.3. The van der Waals surface area contributed by atoms with Crippen LogP contribution in [0.4, 0.5) is 14.9 Å². The Balaban J connectivity index is 1.50. The fourth-order valence-electron chi connectivity index (χ4n) is 3.85. The minimum atomic E-state index is -0.556. The van der Waals surface area contributed by atoms with Crippen LogP contribution in [0.1, 0.15) is 33.6 Å². The van der Waals surface area contributed by atoms with E-state index in [-0.39, 0.29) is 17.9 Å². The van der Waals surface area contributed by atoms with Crippen LogP contribution in [-0.4, -0.2) is 47.9 Å². The Morgan fingerprint density at radius 1 is 1.06 bits per heavy atom. The van der Waals surface area contributed by atoms with E-state index in [1.54, 1.807) is 42.5 Å². The van der Waals surface area contributed by atoms with E-state index in [1.807, 2.05) is 20.8 Å². The number of amides is 1. The average Bonchev–Trinajstić information content (AvgIpc) is 2.80. The number of nitrogen functional groups attached to an aromatic ring is 1. The lowest BCUT2D eigenvalue weighted by molar-refractivity contribution is 0.0124. The monoisotopic (exact) mass is 483 g/mol. The molecule has 9 heteroatoms. The summed E-state index contributed by atoms with van der Waals surface area (Å²) in [6.07, 6.45) is 2.50. The molecule has 0 unspecified atom stereocenters. The van der Waals surface area contributed by atoms with Crippen molar-refractivity contribution >= 4 is 22.7 Å². The first-order chi connectivity index (χ1) is 16.6. The number of pyridine rings is 1. The van der Waals surface area contributed by atoms with Gasteiger partial charge in [0.15, 0.2) is 23.1 Å². The molecule has 1 aliphatic rings. The number of hydrogen-bond donors (Lipinski definition) is 1. The second-order valence-electron chi connectivity index (χ2n) is 9.41. The van der Waals surface area contributed by atoms with Crippen molar-refractivity contribution < 1.29 is 28.1 Å². The Kier molecular flexibility index (Phi) is 6.86. The number of likely N-dealkylation sites (tertiary alicyclic amines) is 1. The summed E-state index contributed by atoms with van der Waals surface area (Å²) >= 11 is 0. The molecule has 4 rings (SSSR count). The molecule has 0 saturated carbocycles. The van der Waals surface area contributed by atoms with E-state index in [4.69, 9.17) is 24.7 Å². The van der Waals surface area contributed by atoms with Gasteiger partial charge < -0.3 is 29.6 Å². The summed E-state index contributed by atoms with van der Waals surface area (Å²) in [7, 11) is 1.55. The molecule has 3 aromatic rings. The van der Waals surface area contributed by atoms with Gasteiger partial charge in [-0.15, -0.1) is 0 Å². The fourth-order valence-corrected chi connectivity index (χ4v) is 3.85. The number of anilines is 1. The number of aromatic nitrogens is 1. The third-order valence-electron chi connectivity index (χ3n) is 5.55. The number of hydrogen-bond acceptors (Lipinski definition) is 7. The van der Waals surface area contributed by atoms with Gasteiger partial charge in [0, 0.05) is 55.3 Å². The SMILES string of the molecule is COc1cc2c(Oc3ccc(N)cc3F)ccnc2cc1OC1CCN(C(=O)OC(C)(C)C)CC1. The number of piperidine rings is 1. The van der Waals surface area contributed by atoms with Crippen LogP contribution in [0.2, 0.25) is 0 Å².